The van der Waals surface area contributed by atoms with Crippen LogP contribution in [0.5, 0.6) is 5.75 Å². The van der Waals surface area contributed by atoms with E-state index in [0.29, 0.717) is 5.75 Å². The highest BCUT2D eigenvalue weighted by Crippen LogP contribution is 2.19. The molecule has 0 amide bonds. The molecule has 17 heavy (non-hydrogen) atoms. The molecular weight excluding hydrogens is 216 g/mol. The third kappa shape index (κ3) is 2.53. The molecule has 4 heteroatoms. The van der Waals surface area contributed by atoms with Crippen molar-refractivity contribution in [2.45, 2.75) is 19.4 Å². The summed E-state index contributed by atoms with van der Waals surface area (Å²) in [6.07, 6.45) is 4.65. The van der Waals surface area contributed by atoms with Gasteiger partial charge in [-0.15, -0.1) is 0 Å². The van der Waals surface area contributed by atoms with Crippen LogP contribution in [0.25, 0.3) is 0 Å². The molecule has 0 unspecified atom stereocenters. The van der Waals surface area contributed by atoms with E-state index in [1.54, 1.807) is 26.2 Å². The van der Waals surface area contributed by atoms with E-state index in [1.807, 2.05) is 30.3 Å². The molecule has 0 spiro atoms. The summed E-state index contributed by atoms with van der Waals surface area (Å²) in [7, 11) is 0. The quantitative estimate of drug-likeness (QED) is 0.813. The highest BCUT2D eigenvalue weighted by atomic mass is 16.5. The van der Waals surface area contributed by atoms with Crippen molar-refractivity contribution in [1.29, 1.82) is 0 Å². The molecule has 0 N–H and O–H groups in total. The van der Waals surface area contributed by atoms with Crippen LogP contribution in [0.2, 0.25) is 0 Å². The molecule has 0 radical (unpaired) electrons. The molecule has 0 saturated carbocycles. The zero-order valence-electron chi connectivity index (χ0n) is 9.83. The molecule has 0 fully saturated rings. The zero-order chi connectivity index (χ0) is 12.3. The number of hydrogen-bond donors (Lipinski definition) is 0. The number of para-hydroxylation sites is 1. The van der Waals surface area contributed by atoms with Crippen LogP contribution in [0.1, 0.15) is 18.6 Å². The molecule has 0 atom stereocenters. The van der Waals surface area contributed by atoms with Gasteiger partial charge in [0.1, 0.15) is 12.1 Å². The standard InChI is InChI=1S/C13H14N2O2/c1-13(2,12(16)15-9-8-14-10-15)17-11-6-4-3-5-7-11/h3-10H,1-2H3. The van der Waals surface area contributed by atoms with Crippen molar-refractivity contribution >= 4 is 5.91 Å². The molecule has 2 rings (SSSR count). The monoisotopic (exact) mass is 230 g/mol. The lowest BCUT2D eigenvalue weighted by Gasteiger charge is -2.24. The van der Waals surface area contributed by atoms with Crippen molar-refractivity contribution in [3.63, 3.8) is 0 Å². The Labute approximate surface area is 99.9 Å². The fourth-order valence-corrected chi connectivity index (χ4v) is 1.52. The Morgan fingerprint density at radius 2 is 2.00 bits per heavy atom. The van der Waals surface area contributed by atoms with Gasteiger partial charge in [0.2, 0.25) is 0 Å². The van der Waals surface area contributed by atoms with Gasteiger partial charge < -0.3 is 4.74 Å². The molecule has 0 saturated heterocycles. The zero-order valence-corrected chi connectivity index (χ0v) is 9.83. The molecule has 0 aliphatic rings. The van der Waals surface area contributed by atoms with Crippen LogP contribution >= 0.6 is 0 Å². The van der Waals surface area contributed by atoms with Gasteiger partial charge in [-0.05, 0) is 26.0 Å². The van der Waals surface area contributed by atoms with Crippen LogP contribution in [0.3, 0.4) is 0 Å². The van der Waals surface area contributed by atoms with E-state index < -0.39 is 5.60 Å². The van der Waals surface area contributed by atoms with Gasteiger partial charge in [0.05, 0.1) is 0 Å². The minimum absolute atomic E-state index is 0.154. The number of hydrogen-bond acceptors (Lipinski definition) is 3. The summed E-state index contributed by atoms with van der Waals surface area (Å²) in [4.78, 5) is 16.0. The minimum atomic E-state index is -0.929. The average Bonchev–Trinajstić information content (AvgIpc) is 2.82. The number of carbonyl (C=O) groups excluding carboxylic acids is 1. The van der Waals surface area contributed by atoms with E-state index in [1.165, 1.54) is 10.9 Å². The van der Waals surface area contributed by atoms with Crippen molar-refractivity contribution in [3.8, 4) is 5.75 Å². The van der Waals surface area contributed by atoms with Crippen LogP contribution < -0.4 is 4.74 Å². The molecule has 0 aliphatic heterocycles. The van der Waals surface area contributed by atoms with Gasteiger partial charge in [0.25, 0.3) is 5.91 Å². The number of imidazole rings is 1. The molecule has 1 aromatic heterocycles. The Hall–Kier alpha value is -2.10. The van der Waals surface area contributed by atoms with Gasteiger partial charge in [-0.1, -0.05) is 18.2 Å². The molecule has 0 bridgehead atoms. The lowest BCUT2D eigenvalue weighted by atomic mass is 10.1. The number of carbonyl (C=O) groups is 1. The first-order chi connectivity index (χ1) is 8.09. The maximum Gasteiger partial charge on any atom is 0.275 e. The first-order valence-electron chi connectivity index (χ1n) is 5.36. The fourth-order valence-electron chi connectivity index (χ4n) is 1.52. The number of benzene rings is 1. The molecular formula is C13H14N2O2. The molecule has 2 aromatic rings. The number of ether oxygens (including phenoxy) is 1. The van der Waals surface area contributed by atoms with Crippen molar-refractivity contribution in [2.75, 3.05) is 0 Å². The van der Waals surface area contributed by atoms with E-state index in [2.05, 4.69) is 4.98 Å². The van der Waals surface area contributed by atoms with Crippen molar-refractivity contribution in [3.05, 3.63) is 49.1 Å². The SMILES string of the molecule is CC(C)(Oc1ccccc1)C(=O)n1ccnc1. The summed E-state index contributed by atoms with van der Waals surface area (Å²) in [5.74, 6) is 0.518. The smallest absolute Gasteiger partial charge is 0.275 e. The number of nitrogens with zero attached hydrogens (tertiary/aromatic N) is 2. The third-order valence-corrected chi connectivity index (χ3v) is 2.37. The fraction of sp³-hybridized carbons (Fsp3) is 0.231. The van der Waals surface area contributed by atoms with Crippen LogP contribution in [0, 0.1) is 0 Å². The molecule has 88 valence electrons. The summed E-state index contributed by atoms with van der Waals surface area (Å²) in [6, 6.07) is 9.28. The second kappa shape index (κ2) is 4.41. The van der Waals surface area contributed by atoms with E-state index >= 15 is 0 Å². The predicted molar refractivity (Wildman–Crippen MR) is 64.0 cm³/mol. The summed E-state index contributed by atoms with van der Waals surface area (Å²) in [5, 5.41) is 0. The molecule has 0 aliphatic carbocycles. The largest absolute Gasteiger partial charge is 0.478 e. The molecule has 1 aromatic carbocycles. The summed E-state index contributed by atoms with van der Waals surface area (Å²) >= 11 is 0. The lowest BCUT2D eigenvalue weighted by Crippen LogP contribution is -2.41. The highest BCUT2D eigenvalue weighted by Gasteiger charge is 2.31. The third-order valence-electron chi connectivity index (χ3n) is 2.37. The van der Waals surface area contributed by atoms with Crippen LogP contribution in [0.4, 0.5) is 0 Å². The van der Waals surface area contributed by atoms with Crippen molar-refractivity contribution in [2.24, 2.45) is 0 Å². The van der Waals surface area contributed by atoms with Crippen LogP contribution in [0.15, 0.2) is 49.1 Å². The second-order valence-electron chi connectivity index (χ2n) is 4.20. The molecule has 1 heterocycles. The number of aromatic nitrogens is 2. The Morgan fingerprint density at radius 3 is 2.59 bits per heavy atom. The van der Waals surface area contributed by atoms with Crippen molar-refractivity contribution < 1.29 is 9.53 Å². The normalized spacial score (nSPS) is 11.2. The Morgan fingerprint density at radius 1 is 1.29 bits per heavy atom. The van der Waals surface area contributed by atoms with E-state index in [9.17, 15) is 4.79 Å². The maximum atomic E-state index is 12.1. The van der Waals surface area contributed by atoms with Crippen LogP contribution in [-0.2, 0) is 0 Å². The second-order valence-corrected chi connectivity index (χ2v) is 4.20. The van der Waals surface area contributed by atoms with Gasteiger partial charge in [-0.3, -0.25) is 9.36 Å². The minimum Gasteiger partial charge on any atom is -0.478 e. The van der Waals surface area contributed by atoms with E-state index in [-0.39, 0.29) is 5.91 Å². The van der Waals surface area contributed by atoms with Gasteiger partial charge in [0, 0.05) is 12.4 Å². The topological polar surface area (TPSA) is 44.1 Å². The first kappa shape index (κ1) is 11.4. The molecule has 4 nitrogen and oxygen atoms in total. The van der Waals surface area contributed by atoms with Gasteiger partial charge in [0.15, 0.2) is 5.60 Å². The first-order valence-corrected chi connectivity index (χ1v) is 5.36. The predicted octanol–water partition coefficient (Wildman–Crippen LogP) is 2.38. The summed E-state index contributed by atoms with van der Waals surface area (Å²) in [6.45, 7) is 3.48. The average molecular weight is 230 g/mol. The van der Waals surface area contributed by atoms with E-state index in [4.69, 9.17) is 4.74 Å². The van der Waals surface area contributed by atoms with Gasteiger partial charge >= 0.3 is 0 Å². The van der Waals surface area contributed by atoms with Crippen molar-refractivity contribution in [1.82, 2.24) is 9.55 Å². The maximum absolute atomic E-state index is 12.1. The van der Waals surface area contributed by atoms with Gasteiger partial charge in [-0.25, -0.2) is 4.98 Å². The highest BCUT2D eigenvalue weighted by molar-refractivity contribution is 5.86. The summed E-state index contributed by atoms with van der Waals surface area (Å²) < 4.78 is 7.11. The summed E-state index contributed by atoms with van der Waals surface area (Å²) in [5.41, 5.74) is -0.929. The number of rotatable bonds is 3. The Kier molecular flexibility index (Phi) is 2.95. The Balaban J connectivity index is 2.17. The van der Waals surface area contributed by atoms with Crippen LogP contribution in [-0.4, -0.2) is 21.1 Å². The van der Waals surface area contributed by atoms with Gasteiger partial charge in [-0.2, -0.15) is 0 Å². The lowest BCUT2D eigenvalue weighted by molar-refractivity contribution is 0.0487. The van der Waals surface area contributed by atoms with E-state index in [0.717, 1.165) is 0 Å². The Bertz CT molecular complexity index is 489.